The Morgan fingerprint density at radius 1 is 1.28 bits per heavy atom. The maximum atomic E-state index is 12.5. The minimum atomic E-state index is 0.00502. The van der Waals surface area contributed by atoms with Crippen LogP contribution in [0.4, 0.5) is 11.5 Å². The number of fused-ring (bicyclic) bond motifs is 3. The molecule has 0 saturated carbocycles. The molecule has 7 nitrogen and oxygen atoms in total. The van der Waals surface area contributed by atoms with E-state index in [1.807, 2.05) is 18.2 Å². The number of nitrogens with one attached hydrogen (secondary N) is 2. The summed E-state index contributed by atoms with van der Waals surface area (Å²) in [5.74, 6) is 0.679. The van der Waals surface area contributed by atoms with E-state index in [1.54, 1.807) is 0 Å². The first kappa shape index (κ1) is 20.8. The molecule has 0 spiro atoms. The Bertz CT molecular complexity index is 1090. The molecule has 1 atom stereocenters. The summed E-state index contributed by atoms with van der Waals surface area (Å²) in [4.78, 5) is 17.5. The second-order valence-corrected chi connectivity index (χ2v) is 8.85. The second-order valence-electron chi connectivity index (χ2n) is 8.85. The highest BCUT2D eigenvalue weighted by Crippen LogP contribution is 2.36. The summed E-state index contributed by atoms with van der Waals surface area (Å²) in [5, 5.41) is 10.7. The number of aromatic amines is 1. The topological polar surface area (TPSA) is 69.2 Å². The number of nitrogens with zero attached hydrogens (tertiary/aromatic N) is 4. The van der Waals surface area contributed by atoms with Crippen LogP contribution in [0.1, 0.15) is 37.3 Å². The van der Waals surface area contributed by atoms with Crippen molar-refractivity contribution in [1.29, 1.82) is 0 Å². The Balaban J connectivity index is 1.29. The molecule has 3 aromatic rings. The van der Waals surface area contributed by atoms with Crippen LogP contribution in [0.2, 0.25) is 0 Å². The lowest BCUT2D eigenvalue weighted by atomic mass is 10.1. The fraction of sp³-hybridized carbons (Fsp3) is 0.440. The first-order valence-electron chi connectivity index (χ1n) is 11.7. The molecule has 2 aliphatic heterocycles. The molecule has 2 aromatic heterocycles. The van der Waals surface area contributed by atoms with Crippen molar-refractivity contribution in [1.82, 2.24) is 19.7 Å². The molecule has 32 heavy (non-hydrogen) atoms. The molecule has 1 amide bonds. The van der Waals surface area contributed by atoms with E-state index >= 15 is 0 Å². The third-order valence-corrected chi connectivity index (χ3v) is 6.94. The zero-order chi connectivity index (χ0) is 22.1. The van der Waals surface area contributed by atoms with Gasteiger partial charge in [-0.25, -0.2) is 0 Å². The number of H-pyrrole nitrogens is 1. The van der Waals surface area contributed by atoms with Gasteiger partial charge in [0.15, 0.2) is 5.82 Å². The Labute approximate surface area is 189 Å². The molecular formula is C25H32N6O. The van der Waals surface area contributed by atoms with Gasteiger partial charge < -0.3 is 14.8 Å². The normalized spacial score (nSPS) is 17.8. The molecule has 0 bridgehead atoms. The first-order valence-corrected chi connectivity index (χ1v) is 11.7. The molecule has 1 aromatic carbocycles. The number of benzene rings is 1. The van der Waals surface area contributed by atoms with Crippen LogP contribution in [-0.4, -0.2) is 51.9 Å². The fourth-order valence-electron chi connectivity index (χ4n) is 5.12. The van der Waals surface area contributed by atoms with E-state index in [2.05, 4.69) is 68.2 Å². The van der Waals surface area contributed by atoms with Gasteiger partial charge in [-0.2, -0.15) is 5.10 Å². The van der Waals surface area contributed by atoms with Crippen LogP contribution in [-0.2, 0) is 24.2 Å². The monoisotopic (exact) mass is 432 g/mol. The average Bonchev–Trinajstić information content (AvgIpc) is 3.55. The summed E-state index contributed by atoms with van der Waals surface area (Å²) >= 11 is 0. The van der Waals surface area contributed by atoms with E-state index < -0.39 is 0 Å². The van der Waals surface area contributed by atoms with E-state index in [1.165, 1.54) is 30.6 Å². The predicted octanol–water partition coefficient (Wildman–Crippen LogP) is 3.88. The number of carbonyl (C=O) groups is 1. The van der Waals surface area contributed by atoms with Crippen molar-refractivity contribution in [3.63, 3.8) is 0 Å². The summed E-state index contributed by atoms with van der Waals surface area (Å²) in [6.45, 7) is 5.39. The van der Waals surface area contributed by atoms with Gasteiger partial charge in [-0.3, -0.25) is 14.8 Å². The number of anilines is 2. The van der Waals surface area contributed by atoms with Crippen molar-refractivity contribution in [3.05, 3.63) is 53.7 Å². The minimum Gasteiger partial charge on any atom is -0.358 e. The highest BCUT2D eigenvalue weighted by molar-refractivity contribution is 5.91. The van der Waals surface area contributed by atoms with Crippen molar-refractivity contribution in [3.8, 4) is 11.4 Å². The highest BCUT2D eigenvalue weighted by Gasteiger charge is 2.29. The highest BCUT2D eigenvalue weighted by atomic mass is 16.1. The quantitative estimate of drug-likeness (QED) is 0.594. The number of carbonyl (C=O) groups excluding carboxylic acids is 1. The molecule has 1 fully saturated rings. The van der Waals surface area contributed by atoms with Crippen LogP contribution in [0, 0.1) is 0 Å². The number of amides is 1. The van der Waals surface area contributed by atoms with Crippen LogP contribution >= 0.6 is 0 Å². The van der Waals surface area contributed by atoms with Crippen LogP contribution in [0.5, 0.6) is 0 Å². The van der Waals surface area contributed by atoms with Crippen molar-refractivity contribution in [2.75, 3.05) is 30.4 Å². The van der Waals surface area contributed by atoms with Gasteiger partial charge >= 0.3 is 0 Å². The maximum Gasteiger partial charge on any atom is 0.225 e. The van der Waals surface area contributed by atoms with Crippen LogP contribution < -0.4 is 10.2 Å². The molecule has 1 saturated heterocycles. The standard InChI is InChI=1S/C25H32N6O/c1-3-30-14-7-10-23(30)29(2)19-16-21-24-20(13-15-31(21)17-19)25(28-27-24)26-22(32)12-11-18-8-5-4-6-9-18/h4-6,8-9,16-17,23H,3,7,10-15H2,1-2H3,(H2,26,27,28,32). The van der Waals surface area contributed by atoms with Crippen molar-refractivity contribution in [2.24, 2.45) is 0 Å². The Morgan fingerprint density at radius 2 is 2.12 bits per heavy atom. The van der Waals surface area contributed by atoms with Crippen LogP contribution in [0.15, 0.2) is 42.6 Å². The Hall–Kier alpha value is -3.06. The summed E-state index contributed by atoms with van der Waals surface area (Å²) in [7, 11) is 2.20. The molecule has 7 heteroatoms. The number of likely N-dealkylation sites (tertiary alicyclic amines) is 1. The molecule has 4 heterocycles. The zero-order valence-corrected chi connectivity index (χ0v) is 19.0. The summed E-state index contributed by atoms with van der Waals surface area (Å²) in [5.41, 5.74) is 5.68. The third kappa shape index (κ3) is 3.93. The summed E-state index contributed by atoms with van der Waals surface area (Å²) in [6.07, 6.45) is 7.22. The minimum absolute atomic E-state index is 0.00502. The number of hydrogen-bond acceptors (Lipinski definition) is 4. The Kier molecular flexibility index (Phi) is 5.74. The molecular weight excluding hydrogens is 400 g/mol. The van der Waals surface area contributed by atoms with E-state index in [9.17, 15) is 4.79 Å². The van der Waals surface area contributed by atoms with E-state index in [-0.39, 0.29) is 5.91 Å². The number of rotatable bonds is 7. The van der Waals surface area contributed by atoms with Gasteiger partial charge in [0.25, 0.3) is 0 Å². The van der Waals surface area contributed by atoms with Gasteiger partial charge in [0.1, 0.15) is 0 Å². The van der Waals surface area contributed by atoms with E-state index in [0.29, 0.717) is 18.4 Å². The van der Waals surface area contributed by atoms with E-state index in [4.69, 9.17) is 0 Å². The van der Waals surface area contributed by atoms with Gasteiger partial charge in [-0.1, -0.05) is 37.3 Å². The SMILES string of the molecule is CCN1CCCC1N(C)c1cc2n(c1)CCc1c(NC(=O)CCc3ccccc3)n[nH]c1-2. The Morgan fingerprint density at radius 3 is 2.94 bits per heavy atom. The first-order chi connectivity index (χ1) is 15.6. The molecule has 2 aliphatic rings. The largest absolute Gasteiger partial charge is 0.358 e. The van der Waals surface area contributed by atoms with Crippen LogP contribution in [0.3, 0.4) is 0 Å². The average molecular weight is 433 g/mol. The van der Waals surface area contributed by atoms with Gasteiger partial charge in [-0.15, -0.1) is 0 Å². The van der Waals surface area contributed by atoms with Crippen molar-refractivity contribution in [2.45, 2.75) is 51.7 Å². The van der Waals surface area contributed by atoms with Crippen LogP contribution in [0.25, 0.3) is 11.4 Å². The molecule has 1 unspecified atom stereocenters. The predicted molar refractivity (Wildman–Crippen MR) is 128 cm³/mol. The summed E-state index contributed by atoms with van der Waals surface area (Å²) in [6, 6.07) is 12.4. The van der Waals surface area contributed by atoms with E-state index in [0.717, 1.165) is 42.9 Å². The van der Waals surface area contributed by atoms with Gasteiger partial charge in [0.2, 0.25) is 5.91 Å². The van der Waals surface area contributed by atoms with Crippen molar-refractivity contribution < 1.29 is 4.79 Å². The lowest BCUT2D eigenvalue weighted by Crippen LogP contribution is -2.42. The maximum absolute atomic E-state index is 12.5. The summed E-state index contributed by atoms with van der Waals surface area (Å²) < 4.78 is 2.30. The van der Waals surface area contributed by atoms with Crippen molar-refractivity contribution >= 4 is 17.4 Å². The number of aryl methyl sites for hydroxylation is 2. The number of aromatic nitrogens is 3. The lowest BCUT2D eigenvalue weighted by molar-refractivity contribution is -0.116. The molecule has 0 aliphatic carbocycles. The third-order valence-electron chi connectivity index (χ3n) is 6.94. The lowest BCUT2D eigenvalue weighted by Gasteiger charge is -2.32. The molecule has 5 rings (SSSR count). The molecule has 168 valence electrons. The van der Waals surface area contributed by atoms with Gasteiger partial charge in [0, 0.05) is 38.3 Å². The molecule has 0 radical (unpaired) electrons. The number of hydrogen-bond donors (Lipinski definition) is 2. The zero-order valence-electron chi connectivity index (χ0n) is 19.0. The van der Waals surface area contributed by atoms with Gasteiger partial charge in [0.05, 0.1) is 23.2 Å². The smallest absolute Gasteiger partial charge is 0.225 e. The second kappa shape index (κ2) is 8.82. The molecule has 2 N–H and O–H groups in total. The fourth-order valence-corrected chi connectivity index (χ4v) is 5.12. The van der Waals surface area contributed by atoms with Gasteiger partial charge in [-0.05, 0) is 43.9 Å².